The Labute approximate surface area is 128 Å². The molecule has 0 saturated heterocycles. The SMILES string of the molecule is CN[C@@H](/C=C(\F)CCCN1C(=O)c2ccccc2C1=O)CO. The fourth-order valence-electron chi connectivity index (χ4n) is 2.38. The van der Waals surface area contributed by atoms with E-state index in [1.165, 1.54) is 6.08 Å². The zero-order chi connectivity index (χ0) is 16.1. The van der Waals surface area contributed by atoms with E-state index in [0.29, 0.717) is 17.5 Å². The molecule has 1 heterocycles. The van der Waals surface area contributed by atoms with Crippen LogP contribution in [0.3, 0.4) is 0 Å². The van der Waals surface area contributed by atoms with Crippen LogP contribution >= 0.6 is 0 Å². The van der Waals surface area contributed by atoms with Crippen LogP contribution in [0.2, 0.25) is 0 Å². The summed E-state index contributed by atoms with van der Waals surface area (Å²) < 4.78 is 13.7. The molecule has 1 aliphatic heterocycles. The Morgan fingerprint density at radius 2 is 1.91 bits per heavy atom. The standard InChI is InChI=1S/C16H19FN2O3/c1-18-12(10-20)9-11(17)5-4-8-19-15(21)13-6-2-3-7-14(13)16(19)22/h2-3,6-7,9,12,18,20H,4-5,8,10H2,1H3/b11-9-/t12-/m0/s1. The fraction of sp³-hybridized carbons (Fsp3) is 0.375. The average Bonchev–Trinajstić information content (AvgIpc) is 2.78. The number of carbonyl (C=O) groups is 2. The lowest BCUT2D eigenvalue weighted by molar-refractivity contribution is 0.0652. The molecule has 2 rings (SSSR count). The molecule has 1 aromatic rings. The number of hydrogen-bond donors (Lipinski definition) is 2. The Kier molecular flexibility index (Phi) is 5.41. The Morgan fingerprint density at radius 3 is 2.41 bits per heavy atom. The van der Waals surface area contributed by atoms with Crippen LogP contribution < -0.4 is 5.32 Å². The highest BCUT2D eigenvalue weighted by Crippen LogP contribution is 2.23. The summed E-state index contributed by atoms with van der Waals surface area (Å²) in [6, 6.07) is 6.23. The molecular weight excluding hydrogens is 287 g/mol. The maximum absolute atomic E-state index is 13.7. The molecule has 0 unspecified atom stereocenters. The van der Waals surface area contributed by atoms with Crippen molar-refractivity contribution in [3.8, 4) is 0 Å². The molecule has 5 nitrogen and oxygen atoms in total. The number of benzene rings is 1. The number of imide groups is 1. The summed E-state index contributed by atoms with van der Waals surface area (Å²) in [5.74, 6) is -1.02. The van der Waals surface area contributed by atoms with Gasteiger partial charge in [-0.15, -0.1) is 0 Å². The number of rotatable bonds is 7. The quantitative estimate of drug-likeness (QED) is 0.749. The molecule has 1 atom stereocenters. The molecule has 2 amide bonds. The first-order valence-electron chi connectivity index (χ1n) is 7.18. The predicted molar refractivity (Wildman–Crippen MR) is 80.2 cm³/mol. The fourth-order valence-corrected chi connectivity index (χ4v) is 2.38. The van der Waals surface area contributed by atoms with Gasteiger partial charge in [-0.05, 0) is 31.7 Å². The van der Waals surface area contributed by atoms with Gasteiger partial charge in [-0.25, -0.2) is 4.39 Å². The number of nitrogens with zero attached hydrogens (tertiary/aromatic N) is 1. The van der Waals surface area contributed by atoms with E-state index in [4.69, 9.17) is 5.11 Å². The first-order valence-corrected chi connectivity index (χ1v) is 7.18. The molecule has 0 fully saturated rings. The van der Waals surface area contributed by atoms with E-state index in [2.05, 4.69) is 5.32 Å². The third kappa shape index (κ3) is 3.40. The van der Waals surface area contributed by atoms with Crippen LogP contribution in [0.1, 0.15) is 33.6 Å². The first-order chi connectivity index (χ1) is 10.6. The molecule has 0 aromatic heterocycles. The molecule has 0 radical (unpaired) electrons. The van der Waals surface area contributed by atoms with Crippen molar-refractivity contribution in [1.82, 2.24) is 10.2 Å². The van der Waals surface area contributed by atoms with Crippen molar-refractivity contribution in [2.24, 2.45) is 0 Å². The van der Waals surface area contributed by atoms with Gasteiger partial charge in [0, 0.05) is 13.0 Å². The third-order valence-electron chi connectivity index (χ3n) is 3.63. The highest BCUT2D eigenvalue weighted by Gasteiger charge is 2.34. The van der Waals surface area contributed by atoms with Crippen LogP contribution in [0.5, 0.6) is 0 Å². The molecule has 0 saturated carbocycles. The van der Waals surface area contributed by atoms with Gasteiger partial charge in [0.2, 0.25) is 0 Å². The van der Waals surface area contributed by atoms with Crippen LogP contribution in [0, 0.1) is 0 Å². The topological polar surface area (TPSA) is 69.6 Å². The average molecular weight is 306 g/mol. The van der Waals surface area contributed by atoms with Gasteiger partial charge in [-0.2, -0.15) is 0 Å². The van der Waals surface area contributed by atoms with E-state index in [9.17, 15) is 14.0 Å². The van der Waals surface area contributed by atoms with Crippen molar-refractivity contribution in [2.45, 2.75) is 18.9 Å². The second kappa shape index (κ2) is 7.29. The summed E-state index contributed by atoms with van der Waals surface area (Å²) in [5, 5.41) is 11.7. The molecule has 6 heteroatoms. The number of nitrogens with one attached hydrogen (secondary N) is 1. The van der Waals surface area contributed by atoms with Crippen LogP contribution in [-0.2, 0) is 0 Å². The summed E-state index contributed by atoms with van der Waals surface area (Å²) in [4.78, 5) is 25.4. The molecule has 1 aromatic carbocycles. The van der Waals surface area contributed by atoms with Gasteiger partial charge in [0.15, 0.2) is 0 Å². The third-order valence-corrected chi connectivity index (χ3v) is 3.63. The zero-order valence-electron chi connectivity index (χ0n) is 12.4. The minimum atomic E-state index is -0.431. The second-order valence-corrected chi connectivity index (χ2v) is 5.10. The highest BCUT2D eigenvalue weighted by molar-refractivity contribution is 6.21. The second-order valence-electron chi connectivity index (χ2n) is 5.10. The number of fused-ring (bicyclic) bond motifs is 1. The number of halogens is 1. The van der Waals surface area contributed by atoms with Crippen molar-refractivity contribution in [3.63, 3.8) is 0 Å². The lowest BCUT2D eigenvalue weighted by atomic mass is 10.1. The molecular formula is C16H19FN2O3. The summed E-state index contributed by atoms with van der Waals surface area (Å²) in [5.41, 5.74) is 0.804. The maximum Gasteiger partial charge on any atom is 0.261 e. The number of aliphatic hydroxyl groups is 1. The van der Waals surface area contributed by atoms with E-state index in [1.807, 2.05) is 0 Å². The number of aliphatic hydroxyl groups excluding tert-OH is 1. The van der Waals surface area contributed by atoms with Crippen molar-refractivity contribution in [2.75, 3.05) is 20.2 Å². The lowest BCUT2D eigenvalue weighted by Gasteiger charge is -2.13. The van der Waals surface area contributed by atoms with Crippen LogP contribution in [-0.4, -0.2) is 48.1 Å². The molecule has 1 aliphatic rings. The molecule has 118 valence electrons. The number of likely N-dealkylation sites (N-methyl/N-ethyl adjacent to an activating group) is 1. The summed E-state index contributed by atoms with van der Waals surface area (Å²) in [6.07, 6.45) is 1.77. The zero-order valence-corrected chi connectivity index (χ0v) is 12.4. The Balaban J connectivity index is 1.91. The number of carbonyl (C=O) groups excluding carboxylic acids is 2. The normalized spacial score (nSPS) is 16.1. The Hall–Kier alpha value is -2.05. The van der Waals surface area contributed by atoms with Crippen molar-refractivity contribution < 1.29 is 19.1 Å². The number of amides is 2. The summed E-state index contributed by atoms with van der Waals surface area (Å²) in [7, 11) is 1.63. The summed E-state index contributed by atoms with van der Waals surface area (Å²) >= 11 is 0. The monoisotopic (exact) mass is 306 g/mol. The van der Waals surface area contributed by atoms with Gasteiger partial charge in [0.1, 0.15) is 0 Å². The summed E-state index contributed by atoms with van der Waals surface area (Å²) in [6.45, 7) is -0.0146. The van der Waals surface area contributed by atoms with Crippen LogP contribution in [0.15, 0.2) is 36.2 Å². The van der Waals surface area contributed by atoms with Gasteiger partial charge < -0.3 is 10.4 Å². The van der Waals surface area contributed by atoms with Gasteiger partial charge in [-0.1, -0.05) is 12.1 Å². The molecule has 0 aliphatic carbocycles. The smallest absolute Gasteiger partial charge is 0.261 e. The van der Waals surface area contributed by atoms with E-state index < -0.39 is 6.04 Å². The minimum absolute atomic E-state index is 0.117. The van der Waals surface area contributed by atoms with E-state index in [0.717, 1.165) is 4.90 Å². The van der Waals surface area contributed by atoms with Gasteiger partial charge in [0.25, 0.3) is 11.8 Å². The highest BCUT2D eigenvalue weighted by atomic mass is 19.1. The Morgan fingerprint density at radius 1 is 1.32 bits per heavy atom. The van der Waals surface area contributed by atoms with E-state index in [1.54, 1.807) is 31.3 Å². The van der Waals surface area contributed by atoms with Gasteiger partial charge in [0.05, 0.1) is 29.6 Å². The first kappa shape index (κ1) is 16.3. The number of hydrogen-bond acceptors (Lipinski definition) is 4. The Bertz CT molecular complexity index is 562. The molecule has 0 bridgehead atoms. The largest absolute Gasteiger partial charge is 0.394 e. The van der Waals surface area contributed by atoms with E-state index >= 15 is 0 Å². The maximum atomic E-state index is 13.7. The van der Waals surface area contributed by atoms with Gasteiger partial charge in [-0.3, -0.25) is 14.5 Å². The van der Waals surface area contributed by atoms with Crippen LogP contribution in [0.4, 0.5) is 4.39 Å². The van der Waals surface area contributed by atoms with Crippen molar-refractivity contribution in [3.05, 3.63) is 47.3 Å². The molecule has 2 N–H and O–H groups in total. The lowest BCUT2D eigenvalue weighted by Crippen LogP contribution is -2.30. The molecule has 0 spiro atoms. The number of allylic oxidation sites excluding steroid dienone is 1. The van der Waals surface area contributed by atoms with Crippen molar-refractivity contribution in [1.29, 1.82) is 0 Å². The van der Waals surface area contributed by atoms with Crippen molar-refractivity contribution >= 4 is 11.8 Å². The predicted octanol–water partition coefficient (Wildman–Crippen LogP) is 1.50. The minimum Gasteiger partial charge on any atom is -0.394 e. The van der Waals surface area contributed by atoms with E-state index in [-0.39, 0.29) is 37.2 Å². The van der Waals surface area contributed by atoms with Crippen LogP contribution in [0.25, 0.3) is 0 Å². The van der Waals surface area contributed by atoms with Gasteiger partial charge >= 0.3 is 0 Å². The molecule has 22 heavy (non-hydrogen) atoms.